The predicted molar refractivity (Wildman–Crippen MR) is 83.3 cm³/mol. The van der Waals surface area contributed by atoms with E-state index in [1.807, 2.05) is 0 Å². The zero-order chi connectivity index (χ0) is 15.6. The quantitative estimate of drug-likeness (QED) is 0.463. The summed E-state index contributed by atoms with van der Waals surface area (Å²) < 4.78 is 26.7. The fourth-order valence-corrected chi connectivity index (χ4v) is 5.73. The van der Waals surface area contributed by atoms with Crippen molar-refractivity contribution in [3.8, 4) is 0 Å². The van der Waals surface area contributed by atoms with Gasteiger partial charge in [-0.05, 0) is 12.8 Å². The Morgan fingerprint density at radius 3 is 2.52 bits per heavy atom. The summed E-state index contributed by atoms with van der Waals surface area (Å²) in [5.41, 5.74) is -0.266. The van der Waals surface area contributed by atoms with Crippen molar-refractivity contribution >= 4 is 38.6 Å². The molecular weight excluding hydrogens is 336 g/mol. The maximum Gasteiger partial charge on any atom is 0.299 e. The number of hydrogen-bond acceptors (Lipinski definition) is 5. The Kier molecular flexibility index (Phi) is 5.03. The standard InChI is InChI=1S/C12H15ClN2O4S2/c1-2-11(10-8-9(15(16)17)12(13)20-10)21(18,19)14-6-4-3-5-7-14/h2,8,11H,1,3-7H2. The second kappa shape index (κ2) is 6.43. The number of rotatable bonds is 5. The highest BCUT2D eigenvalue weighted by Gasteiger charge is 2.34. The van der Waals surface area contributed by atoms with Gasteiger partial charge in [-0.3, -0.25) is 10.1 Å². The van der Waals surface area contributed by atoms with Crippen LogP contribution in [0.5, 0.6) is 0 Å². The van der Waals surface area contributed by atoms with E-state index >= 15 is 0 Å². The highest BCUT2D eigenvalue weighted by atomic mass is 35.5. The van der Waals surface area contributed by atoms with Gasteiger partial charge in [-0.25, -0.2) is 12.7 Å². The molecule has 21 heavy (non-hydrogen) atoms. The summed E-state index contributed by atoms with van der Waals surface area (Å²) in [6.07, 6.45) is 3.97. The molecule has 0 aromatic carbocycles. The van der Waals surface area contributed by atoms with E-state index in [4.69, 9.17) is 11.6 Å². The van der Waals surface area contributed by atoms with Crippen LogP contribution >= 0.6 is 22.9 Å². The van der Waals surface area contributed by atoms with Crippen molar-refractivity contribution in [1.29, 1.82) is 0 Å². The van der Waals surface area contributed by atoms with Crippen LogP contribution in [0.25, 0.3) is 0 Å². The van der Waals surface area contributed by atoms with E-state index in [1.165, 1.54) is 16.4 Å². The van der Waals surface area contributed by atoms with Gasteiger partial charge < -0.3 is 0 Å². The molecule has 116 valence electrons. The Labute approximate surface area is 132 Å². The third kappa shape index (κ3) is 3.28. The van der Waals surface area contributed by atoms with Crippen LogP contribution in [0.1, 0.15) is 29.4 Å². The van der Waals surface area contributed by atoms with Gasteiger partial charge >= 0.3 is 0 Å². The lowest BCUT2D eigenvalue weighted by molar-refractivity contribution is -0.384. The minimum atomic E-state index is -3.61. The molecule has 1 aromatic heterocycles. The summed E-state index contributed by atoms with van der Waals surface area (Å²) in [7, 11) is -3.61. The van der Waals surface area contributed by atoms with Gasteiger partial charge in [0.2, 0.25) is 10.0 Å². The van der Waals surface area contributed by atoms with Crippen LogP contribution in [0.2, 0.25) is 4.34 Å². The number of hydrogen-bond donors (Lipinski definition) is 0. The Morgan fingerprint density at radius 2 is 2.05 bits per heavy atom. The Bertz CT molecular complexity index is 650. The van der Waals surface area contributed by atoms with E-state index in [9.17, 15) is 18.5 Å². The predicted octanol–water partition coefficient (Wildman–Crippen LogP) is 3.35. The molecule has 2 rings (SSSR count). The maximum atomic E-state index is 12.7. The van der Waals surface area contributed by atoms with Crippen molar-refractivity contribution in [2.24, 2.45) is 0 Å². The van der Waals surface area contributed by atoms with Crippen LogP contribution in [0.3, 0.4) is 0 Å². The number of thiophene rings is 1. The average Bonchev–Trinajstić information content (AvgIpc) is 2.82. The van der Waals surface area contributed by atoms with Crippen molar-refractivity contribution in [2.75, 3.05) is 13.1 Å². The highest BCUT2D eigenvalue weighted by molar-refractivity contribution is 7.89. The molecule has 1 unspecified atom stereocenters. The lowest BCUT2D eigenvalue weighted by Crippen LogP contribution is -2.38. The lowest BCUT2D eigenvalue weighted by Gasteiger charge is -2.28. The summed E-state index contributed by atoms with van der Waals surface area (Å²) in [5, 5.41) is 9.85. The largest absolute Gasteiger partial charge is 0.299 e. The normalized spacial score (nSPS) is 18.3. The Balaban J connectivity index is 2.36. The van der Waals surface area contributed by atoms with Crippen molar-refractivity contribution in [3.63, 3.8) is 0 Å². The maximum absolute atomic E-state index is 12.7. The Morgan fingerprint density at radius 1 is 1.43 bits per heavy atom. The van der Waals surface area contributed by atoms with Gasteiger partial charge in [-0.15, -0.1) is 17.9 Å². The number of nitrogens with zero attached hydrogens (tertiary/aromatic N) is 2. The van der Waals surface area contributed by atoms with E-state index in [0.717, 1.165) is 30.6 Å². The fraction of sp³-hybridized carbons (Fsp3) is 0.500. The number of halogens is 1. The molecule has 0 N–H and O–H groups in total. The minimum absolute atomic E-state index is 0.0179. The molecule has 1 aliphatic heterocycles. The monoisotopic (exact) mass is 350 g/mol. The first-order valence-corrected chi connectivity index (χ1v) is 9.13. The zero-order valence-electron chi connectivity index (χ0n) is 11.2. The lowest BCUT2D eigenvalue weighted by atomic mass is 10.2. The van der Waals surface area contributed by atoms with Crippen LogP contribution in [0.15, 0.2) is 18.7 Å². The van der Waals surface area contributed by atoms with Crippen molar-refractivity contribution in [3.05, 3.63) is 38.0 Å². The van der Waals surface area contributed by atoms with Crippen LogP contribution in [-0.2, 0) is 10.0 Å². The van der Waals surface area contributed by atoms with E-state index in [0.29, 0.717) is 18.0 Å². The van der Waals surface area contributed by atoms with Crippen LogP contribution in [-0.4, -0.2) is 30.7 Å². The second-order valence-electron chi connectivity index (χ2n) is 4.73. The van der Waals surface area contributed by atoms with E-state index in [1.54, 1.807) is 0 Å². The number of nitro groups is 1. The molecular formula is C12H15ClN2O4S2. The van der Waals surface area contributed by atoms with Gasteiger partial charge in [0, 0.05) is 24.0 Å². The molecule has 2 heterocycles. The van der Waals surface area contributed by atoms with E-state index in [-0.39, 0.29) is 10.0 Å². The first-order valence-electron chi connectivity index (χ1n) is 6.43. The second-order valence-corrected chi connectivity index (χ2v) is 8.47. The fourth-order valence-electron chi connectivity index (χ4n) is 2.31. The van der Waals surface area contributed by atoms with Gasteiger partial charge in [0.25, 0.3) is 5.69 Å². The van der Waals surface area contributed by atoms with Crippen LogP contribution < -0.4 is 0 Å². The molecule has 0 spiro atoms. The molecule has 1 aliphatic rings. The van der Waals surface area contributed by atoms with Crippen molar-refractivity contribution in [1.82, 2.24) is 4.31 Å². The number of sulfonamides is 1. The van der Waals surface area contributed by atoms with Crippen LogP contribution in [0, 0.1) is 10.1 Å². The van der Waals surface area contributed by atoms with E-state index < -0.39 is 20.2 Å². The summed E-state index contributed by atoms with van der Waals surface area (Å²) >= 11 is 6.72. The first-order chi connectivity index (χ1) is 9.87. The molecule has 1 atom stereocenters. The van der Waals surface area contributed by atoms with Gasteiger partial charge in [0.1, 0.15) is 5.25 Å². The summed E-state index contributed by atoms with van der Waals surface area (Å²) in [5.74, 6) is 0. The zero-order valence-corrected chi connectivity index (χ0v) is 13.6. The molecule has 9 heteroatoms. The van der Waals surface area contributed by atoms with Crippen molar-refractivity contribution < 1.29 is 13.3 Å². The molecule has 1 saturated heterocycles. The van der Waals surface area contributed by atoms with Gasteiger partial charge in [-0.2, -0.15) is 0 Å². The molecule has 0 aliphatic carbocycles. The SMILES string of the molecule is C=CC(c1cc([N+](=O)[O-])c(Cl)s1)S(=O)(=O)N1CCCCC1. The van der Waals surface area contributed by atoms with Crippen LogP contribution in [0.4, 0.5) is 5.69 Å². The highest BCUT2D eigenvalue weighted by Crippen LogP contribution is 2.40. The topological polar surface area (TPSA) is 80.5 Å². The first kappa shape index (κ1) is 16.4. The third-order valence-electron chi connectivity index (χ3n) is 3.37. The van der Waals surface area contributed by atoms with E-state index in [2.05, 4.69) is 6.58 Å². The summed E-state index contributed by atoms with van der Waals surface area (Å²) in [4.78, 5) is 10.6. The van der Waals surface area contributed by atoms with Gasteiger partial charge in [-0.1, -0.05) is 24.1 Å². The Hall–Kier alpha value is -0.960. The molecule has 0 amide bonds. The molecule has 0 radical (unpaired) electrons. The average molecular weight is 351 g/mol. The molecule has 0 bridgehead atoms. The smallest absolute Gasteiger partial charge is 0.258 e. The van der Waals surface area contributed by atoms with Gasteiger partial charge in [0.05, 0.1) is 4.92 Å². The third-order valence-corrected chi connectivity index (χ3v) is 7.12. The summed E-state index contributed by atoms with van der Waals surface area (Å²) in [6.45, 7) is 4.53. The van der Waals surface area contributed by atoms with Gasteiger partial charge in [0.15, 0.2) is 4.34 Å². The molecule has 1 aromatic rings. The molecule has 1 fully saturated rings. The summed E-state index contributed by atoms with van der Waals surface area (Å²) in [6, 6.07) is 1.22. The minimum Gasteiger partial charge on any atom is -0.258 e. The van der Waals surface area contributed by atoms with Crippen molar-refractivity contribution in [2.45, 2.75) is 24.5 Å². The number of piperidine rings is 1. The molecule has 6 nitrogen and oxygen atoms in total. The molecule has 0 saturated carbocycles.